The van der Waals surface area contributed by atoms with Crippen LogP contribution in [0, 0.1) is 19.8 Å². The van der Waals surface area contributed by atoms with Crippen molar-refractivity contribution < 1.29 is 17.7 Å². The van der Waals surface area contributed by atoms with Crippen molar-refractivity contribution in [1.82, 2.24) is 9.88 Å². The predicted molar refractivity (Wildman–Crippen MR) is 68.7 cm³/mol. The summed E-state index contributed by atoms with van der Waals surface area (Å²) in [7, 11) is -3.88. The molecule has 1 amide bonds. The Balaban J connectivity index is 3.12. The van der Waals surface area contributed by atoms with Crippen molar-refractivity contribution in [3.8, 4) is 0 Å². The molecule has 3 N–H and O–H groups in total. The van der Waals surface area contributed by atoms with Crippen LogP contribution in [0.3, 0.4) is 0 Å². The zero-order chi connectivity index (χ0) is 14.8. The molecular formula is C11H19N3O4S. The number of rotatable bonds is 6. The third-order valence-corrected chi connectivity index (χ3v) is 4.72. The molecule has 0 aromatic carbocycles. The van der Waals surface area contributed by atoms with Gasteiger partial charge in [0.15, 0.2) is 5.76 Å². The van der Waals surface area contributed by atoms with Gasteiger partial charge in [0.25, 0.3) is 0 Å². The number of nitrogens with two attached hydrogens (primary N) is 1. The summed E-state index contributed by atoms with van der Waals surface area (Å²) in [6, 6.07) is -0.955. The molecule has 1 aromatic heterocycles. The quantitative estimate of drug-likeness (QED) is 0.789. The first kappa shape index (κ1) is 15.6. The highest BCUT2D eigenvalue weighted by atomic mass is 32.2. The van der Waals surface area contributed by atoms with Gasteiger partial charge >= 0.3 is 0 Å². The minimum absolute atomic E-state index is 0.0398. The molecule has 0 radical (unpaired) electrons. The smallest absolute Gasteiger partial charge is 0.246 e. The van der Waals surface area contributed by atoms with Crippen molar-refractivity contribution >= 4 is 15.9 Å². The highest BCUT2D eigenvalue weighted by Gasteiger charge is 2.31. The lowest BCUT2D eigenvalue weighted by Gasteiger charge is -2.20. The summed E-state index contributed by atoms with van der Waals surface area (Å²) in [5.41, 5.74) is 5.49. The first-order chi connectivity index (χ1) is 8.70. The van der Waals surface area contributed by atoms with Gasteiger partial charge in [-0.15, -0.1) is 0 Å². The Bertz CT molecular complexity index is 545. The Morgan fingerprint density at radius 1 is 1.47 bits per heavy atom. The van der Waals surface area contributed by atoms with Gasteiger partial charge in [0, 0.05) is 0 Å². The van der Waals surface area contributed by atoms with Crippen LogP contribution in [0.25, 0.3) is 0 Å². The molecule has 0 fully saturated rings. The molecule has 1 aromatic rings. The van der Waals surface area contributed by atoms with Crippen LogP contribution in [-0.2, 0) is 14.8 Å². The molecule has 0 aliphatic heterocycles. The van der Waals surface area contributed by atoms with Crippen LogP contribution >= 0.6 is 0 Å². The molecular weight excluding hydrogens is 270 g/mol. The van der Waals surface area contributed by atoms with Crippen molar-refractivity contribution in [1.29, 1.82) is 0 Å². The van der Waals surface area contributed by atoms with Crippen molar-refractivity contribution in [2.75, 3.05) is 0 Å². The van der Waals surface area contributed by atoms with Gasteiger partial charge in [-0.2, -0.15) is 4.72 Å². The van der Waals surface area contributed by atoms with Crippen LogP contribution in [0.15, 0.2) is 9.42 Å². The number of carbonyl (C=O) groups is 1. The zero-order valence-corrected chi connectivity index (χ0v) is 12.2. The number of carbonyl (C=O) groups excluding carboxylic acids is 1. The molecule has 0 spiro atoms. The lowest BCUT2D eigenvalue weighted by atomic mass is 10.00. The zero-order valence-electron chi connectivity index (χ0n) is 11.4. The van der Waals surface area contributed by atoms with Crippen LogP contribution in [0.2, 0.25) is 0 Å². The molecule has 108 valence electrons. The molecule has 19 heavy (non-hydrogen) atoms. The topological polar surface area (TPSA) is 115 Å². The first-order valence-electron chi connectivity index (χ1n) is 5.95. The molecule has 0 aliphatic rings. The monoisotopic (exact) mass is 289 g/mol. The lowest BCUT2D eigenvalue weighted by Crippen LogP contribution is -2.48. The second-order valence-electron chi connectivity index (χ2n) is 4.54. The number of hydrogen-bond donors (Lipinski definition) is 2. The molecule has 0 bridgehead atoms. The Labute approximate surface area is 112 Å². The molecule has 0 saturated heterocycles. The Morgan fingerprint density at radius 3 is 2.42 bits per heavy atom. The fraction of sp³-hybridized carbons (Fsp3) is 0.636. The number of hydrogen-bond acceptors (Lipinski definition) is 5. The summed E-state index contributed by atoms with van der Waals surface area (Å²) in [6.45, 7) is 6.63. The summed E-state index contributed by atoms with van der Waals surface area (Å²) in [5.74, 6) is -0.727. The van der Waals surface area contributed by atoms with E-state index in [1.54, 1.807) is 6.92 Å². The molecule has 7 nitrogen and oxygen atoms in total. The first-order valence-corrected chi connectivity index (χ1v) is 7.43. The number of nitrogens with zero attached hydrogens (tertiary/aromatic N) is 1. The summed E-state index contributed by atoms with van der Waals surface area (Å²) < 4.78 is 31.7. The van der Waals surface area contributed by atoms with E-state index in [2.05, 4.69) is 9.88 Å². The predicted octanol–water partition coefficient (Wildman–Crippen LogP) is 0.470. The Hall–Kier alpha value is -1.41. The average molecular weight is 289 g/mol. The van der Waals surface area contributed by atoms with Gasteiger partial charge in [0.05, 0.1) is 0 Å². The second kappa shape index (κ2) is 5.70. The van der Waals surface area contributed by atoms with E-state index in [1.807, 2.05) is 6.92 Å². The maximum atomic E-state index is 12.3. The lowest BCUT2D eigenvalue weighted by molar-refractivity contribution is -0.120. The second-order valence-corrected chi connectivity index (χ2v) is 6.19. The average Bonchev–Trinajstić information content (AvgIpc) is 2.65. The normalized spacial score (nSPS) is 15.2. The van der Waals surface area contributed by atoms with Crippen LogP contribution < -0.4 is 10.5 Å². The van der Waals surface area contributed by atoms with Gasteiger partial charge in [0.2, 0.25) is 15.9 Å². The molecule has 1 rings (SSSR count). The maximum absolute atomic E-state index is 12.3. The Kier molecular flexibility index (Phi) is 4.70. The molecule has 0 unspecified atom stereocenters. The van der Waals surface area contributed by atoms with Gasteiger partial charge in [-0.05, 0) is 19.8 Å². The summed E-state index contributed by atoms with van der Waals surface area (Å²) in [6.07, 6.45) is 0.623. The van der Waals surface area contributed by atoms with E-state index >= 15 is 0 Å². The molecule has 0 aliphatic carbocycles. The SMILES string of the molecule is CC[C@H](C)[C@@H](NS(=O)(=O)c1c(C)noc1C)C(N)=O. The van der Waals surface area contributed by atoms with E-state index < -0.39 is 22.0 Å². The standard InChI is InChI=1S/C11H19N3O4S/c1-5-6(2)9(11(12)15)14-19(16,17)10-7(3)13-18-8(10)4/h6,9,14H,5H2,1-4H3,(H2,12,15)/t6-,9+/m0/s1. The van der Waals surface area contributed by atoms with Crippen LogP contribution in [0.5, 0.6) is 0 Å². The third kappa shape index (κ3) is 3.32. The molecule has 2 atom stereocenters. The maximum Gasteiger partial charge on any atom is 0.246 e. The van der Waals surface area contributed by atoms with Gasteiger partial charge in [-0.25, -0.2) is 8.42 Å². The highest BCUT2D eigenvalue weighted by molar-refractivity contribution is 7.89. The molecule has 0 saturated carbocycles. The van der Waals surface area contributed by atoms with Crippen molar-refractivity contribution in [2.24, 2.45) is 11.7 Å². The molecule has 8 heteroatoms. The van der Waals surface area contributed by atoms with Crippen LogP contribution in [0.4, 0.5) is 0 Å². The van der Waals surface area contributed by atoms with Gasteiger partial charge in [0.1, 0.15) is 16.6 Å². The number of sulfonamides is 1. The number of aryl methyl sites for hydroxylation is 2. The van der Waals surface area contributed by atoms with E-state index in [1.165, 1.54) is 13.8 Å². The Morgan fingerprint density at radius 2 is 2.05 bits per heavy atom. The van der Waals surface area contributed by atoms with Gasteiger partial charge < -0.3 is 10.3 Å². The van der Waals surface area contributed by atoms with E-state index in [4.69, 9.17) is 10.3 Å². The molecule has 1 heterocycles. The van der Waals surface area contributed by atoms with Crippen molar-refractivity contribution in [2.45, 2.75) is 45.1 Å². The number of nitrogens with one attached hydrogen (secondary N) is 1. The van der Waals surface area contributed by atoms with E-state index in [-0.39, 0.29) is 22.3 Å². The number of primary amides is 1. The fourth-order valence-corrected chi connectivity index (χ4v) is 3.42. The largest absolute Gasteiger partial charge is 0.368 e. The minimum Gasteiger partial charge on any atom is -0.368 e. The van der Waals surface area contributed by atoms with E-state index in [9.17, 15) is 13.2 Å². The third-order valence-electron chi connectivity index (χ3n) is 3.04. The number of aromatic nitrogens is 1. The van der Waals surface area contributed by atoms with E-state index in [0.717, 1.165) is 0 Å². The summed E-state index contributed by atoms with van der Waals surface area (Å²) >= 11 is 0. The van der Waals surface area contributed by atoms with Crippen molar-refractivity contribution in [3.63, 3.8) is 0 Å². The van der Waals surface area contributed by atoms with Crippen molar-refractivity contribution in [3.05, 3.63) is 11.5 Å². The minimum atomic E-state index is -3.88. The number of amides is 1. The van der Waals surface area contributed by atoms with Crippen LogP contribution in [0.1, 0.15) is 31.7 Å². The summed E-state index contributed by atoms with van der Waals surface area (Å²) in [5, 5.41) is 3.59. The highest BCUT2D eigenvalue weighted by Crippen LogP contribution is 2.20. The van der Waals surface area contributed by atoms with Gasteiger partial charge in [-0.3, -0.25) is 4.79 Å². The fourth-order valence-electron chi connectivity index (χ4n) is 1.77. The summed E-state index contributed by atoms with van der Waals surface area (Å²) in [4.78, 5) is 11.3. The van der Waals surface area contributed by atoms with Gasteiger partial charge in [-0.1, -0.05) is 25.4 Å². The van der Waals surface area contributed by atoms with E-state index in [0.29, 0.717) is 6.42 Å². The van der Waals surface area contributed by atoms with Crippen LogP contribution in [-0.4, -0.2) is 25.5 Å².